The van der Waals surface area contributed by atoms with Gasteiger partial charge in [0.25, 0.3) is 0 Å². The number of hydrogen-bond acceptors (Lipinski definition) is 3. The molecule has 0 bridgehead atoms. The van der Waals surface area contributed by atoms with E-state index >= 15 is 0 Å². The quantitative estimate of drug-likeness (QED) is 0.842. The molecule has 0 saturated heterocycles. The van der Waals surface area contributed by atoms with Crippen LogP contribution >= 0.6 is 11.8 Å². The Morgan fingerprint density at radius 3 is 2.45 bits per heavy atom. The third-order valence-corrected chi connectivity index (χ3v) is 4.01. The molecule has 3 nitrogen and oxygen atoms in total. The fourth-order valence-electron chi connectivity index (χ4n) is 1.71. The SMILES string of the molecule is Cc1ccc(NC(=O)CSc2ccc(O)cc2)cc1C. The molecule has 0 atom stereocenters. The van der Waals surface area contributed by atoms with Crippen molar-refractivity contribution in [1.82, 2.24) is 0 Å². The lowest BCUT2D eigenvalue weighted by Gasteiger charge is -2.07. The Balaban J connectivity index is 1.89. The Morgan fingerprint density at radius 1 is 1.10 bits per heavy atom. The number of aryl methyl sites for hydroxylation is 2. The highest BCUT2D eigenvalue weighted by atomic mass is 32.2. The Bertz CT molecular complexity index is 608. The van der Waals surface area contributed by atoms with Crippen molar-refractivity contribution < 1.29 is 9.90 Å². The van der Waals surface area contributed by atoms with Crippen molar-refractivity contribution in [1.29, 1.82) is 0 Å². The molecule has 4 heteroatoms. The molecular weight excluding hydrogens is 270 g/mol. The number of thioether (sulfide) groups is 1. The number of anilines is 1. The molecule has 2 aromatic rings. The first kappa shape index (κ1) is 14.5. The topological polar surface area (TPSA) is 49.3 Å². The zero-order chi connectivity index (χ0) is 14.5. The second-order valence-electron chi connectivity index (χ2n) is 4.63. The standard InChI is InChI=1S/C16H17NO2S/c1-11-3-4-13(9-12(11)2)17-16(19)10-20-15-7-5-14(18)6-8-15/h3-9,18H,10H2,1-2H3,(H,17,19). The number of nitrogens with one attached hydrogen (secondary N) is 1. The third kappa shape index (κ3) is 4.03. The van der Waals surface area contributed by atoms with Crippen molar-refractivity contribution in [2.24, 2.45) is 0 Å². The van der Waals surface area contributed by atoms with Crippen LogP contribution in [0.15, 0.2) is 47.4 Å². The number of carbonyl (C=O) groups is 1. The second kappa shape index (κ2) is 6.48. The molecule has 0 radical (unpaired) electrons. The van der Waals surface area contributed by atoms with Gasteiger partial charge in [0.05, 0.1) is 5.75 Å². The summed E-state index contributed by atoms with van der Waals surface area (Å²) in [5.41, 5.74) is 3.19. The summed E-state index contributed by atoms with van der Waals surface area (Å²) < 4.78 is 0. The van der Waals surface area contributed by atoms with Crippen LogP contribution in [0.25, 0.3) is 0 Å². The minimum Gasteiger partial charge on any atom is -0.508 e. The van der Waals surface area contributed by atoms with Gasteiger partial charge in [0.15, 0.2) is 0 Å². The Kier molecular flexibility index (Phi) is 4.69. The predicted molar refractivity (Wildman–Crippen MR) is 83.4 cm³/mol. The highest BCUT2D eigenvalue weighted by molar-refractivity contribution is 8.00. The number of phenolic OH excluding ortho intramolecular Hbond substituents is 1. The second-order valence-corrected chi connectivity index (χ2v) is 5.68. The molecule has 20 heavy (non-hydrogen) atoms. The molecule has 2 rings (SSSR count). The van der Waals surface area contributed by atoms with Gasteiger partial charge in [-0.25, -0.2) is 0 Å². The van der Waals surface area contributed by atoms with Crippen molar-refractivity contribution in [3.63, 3.8) is 0 Å². The molecule has 0 saturated carbocycles. The lowest BCUT2D eigenvalue weighted by atomic mass is 10.1. The predicted octanol–water partition coefficient (Wildman–Crippen LogP) is 3.74. The van der Waals surface area contributed by atoms with Crippen LogP contribution in [0.5, 0.6) is 5.75 Å². The van der Waals surface area contributed by atoms with Crippen molar-refractivity contribution in [3.05, 3.63) is 53.6 Å². The van der Waals surface area contributed by atoms with Gasteiger partial charge in [0.1, 0.15) is 5.75 Å². The summed E-state index contributed by atoms with van der Waals surface area (Å²) in [6.45, 7) is 4.07. The average molecular weight is 287 g/mol. The molecule has 0 aliphatic carbocycles. The van der Waals surface area contributed by atoms with Gasteiger partial charge in [-0.3, -0.25) is 4.79 Å². The summed E-state index contributed by atoms with van der Waals surface area (Å²) >= 11 is 1.44. The van der Waals surface area contributed by atoms with E-state index in [-0.39, 0.29) is 11.7 Å². The summed E-state index contributed by atoms with van der Waals surface area (Å²) in [4.78, 5) is 12.8. The number of benzene rings is 2. The van der Waals surface area contributed by atoms with Crippen LogP contribution in [0.2, 0.25) is 0 Å². The molecular formula is C16H17NO2S. The normalized spacial score (nSPS) is 10.3. The fraction of sp³-hybridized carbons (Fsp3) is 0.188. The van der Waals surface area contributed by atoms with E-state index in [1.807, 2.05) is 32.0 Å². The van der Waals surface area contributed by atoms with Crippen molar-refractivity contribution in [3.8, 4) is 5.75 Å². The maximum atomic E-state index is 11.9. The van der Waals surface area contributed by atoms with Crippen molar-refractivity contribution in [2.45, 2.75) is 18.7 Å². The van der Waals surface area contributed by atoms with Gasteiger partial charge in [-0.1, -0.05) is 6.07 Å². The highest BCUT2D eigenvalue weighted by Crippen LogP contribution is 2.21. The van der Waals surface area contributed by atoms with E-state index in [0.717, 1.165) is 16.1 Å². The summed E-state index contributed by atoms with van der Waals surface area (Å²) in [5.74, 6) is 0.540. The van der Waals surface area contributed by atoms with E-state index in [9.17, 15) is 9.90 Å². The highest BCUT2D eigenvalue weighted by Gasteiger charge is 2.04. The zero-order valence-corrected chi connectivity index (χ0v) is 12.3. The molecule has 2 aromatic carbocycles. The monoisotopic (exact) mass is 287 g/mol. The van der Waals surface area contributed by atoms with Crippen molar-refractivity contribution in [2.75, 3.05) is 11.1 Å². The van der Waals surface area contributed by atoms with E-state index < -0.39 is 0 Å². The van der Waals surface area contributed by atoms with Gasteiger partial charge < -0.3 is 10.4 Å². The number of aromatic hydroxyl groups is 1. The molecule has 0 aliphatic rings. The van der Waals surface area contributed by atoms with Gasteiger partial charge in [0.2, 0.25) is 5.91 Å². The Labute approximate surface area is 123 Å². The molecule has 1 amide bonds. The number of phenols is 1. The minimum atomic E-state index is -0.0358. The van der Waals surface area contributed by atoms with Crippen molar-refractivity contribution >= 4 is 23.4 Å². The van der Waals surface area contributed by atoms with E-state index in [0.29, 0.717) is 5.75 Å². The third-order valence-electron chi connectivity index (χ3n) is 3.00. The Morgan fingerprint density at radius 2 is 1.80 bits per heavy atom. The van der Waals surface area contributed by atoms with E-state index in [1.54, 1.807) is 24.3 Å². The Hall–Kier alpha value is -1.94. The number of rotatable bonds is 4. The van der Waals surface area contributed by atoms with E-state index in [1.165, 1.54) is 17.3 Å². The number of carbonyl (C=O) groups excluding carboxylic acids is 1. The van der Waals surface area contributed by atoms with E-state index in [2.05, 4.69) is 5.32 Å². The maximum Gasteiger partial charge on any atom is 0.234 e. The van der Waals surface area contributed by atoms with Crippen LogP contribution in [0, 0.1) is 13.8 Å². The molecule has 0 heterocycles. The lowest BCUT2D eigenvalue weighted by molar-refractivity contribution is -0.113. The van der Waals surface area contributed by atoms with Crippen LogP contribution < -0.4 is 5.32 Å². The van der Waals surface area contributed by atoms with Gasteiger partial charge in [-0.2, -0.15) is 0 Å². The van der Waals surface area contributed by atoms with Crippen LogP contribution in [0.3, 0.4) is 0 Å². The summed E-state index contributed by atoms with van der Waals surface area (Å²) in [6, 6.07) is 12.7. The largest absolute Gasteiger partial charge is 0.508 e. The lowest BCUT2D eigenvalue weighted by Crippen LogP contribution is -2.14. The van der Waals surface area contributed by atoms with Gasteiger partial charge in [-0.05, 0) is 61.4 Å². The summed E-state index contributed by atoms with van der Waals surface area (Å²) in [7, 11) is 0. The first-order valence-corrected chi connectivity index (χ1v) is 7.32. The molecule has 104 valence electrons. The average Bonchev–Trinajstić information content (AvgIpc) is 2.42. The fourth-order valence-corrected chi connectivity index (χ4v) is 2.41. The number of hydrogen-bond donors (Lipinski definition) is 2. The van der Waals surface area contributed by atoms with Crippen LogP contribution in [-0.2, 0) is 4.79 Å². The molecule has 0 unspecified atom stereocenters. The van der Waals surface area contributed by atoms with Gasteiger partial charge >= 0.3 is 0 Å². The van der Waals surface area contributed by atoms with Crippen LogP contribution in [0.1, 0.15) is 11.1 Å². The first-order valence-electron chi connectivity index (χ1n) is 6.33. The molecule has 0 fully saturated rings. The van der Waals surface area contributed by atoms with E-state index in [4.69, 9.17) is 0 Å². The van der Waals surface area contributed by atoms with Crippen LogP contribution in [-0.4, -0.2) is 16.8 Å². The first-order chi connectivity index (χ1) is 9.54. The summed E-state index contributed by atoms with van der Waals surface area (Å²) in [6.07, 6.45) is 0. The molecule has 0 aromatic heterocycles. The molecule has 0 spiro atoms. The van der Waals surface area contributed by atoms with Gasteiger partial charge in [-0.15, -0.1) is 11.8 Å². The minimum absolute atomic E-state index is 0.0358. The maximum absolute atomic E-state index is 11.9. The van der Waals surface area contributed by atoms with Gasteiger partial charge in [0, 0.05) is 10.6 Å². The zero-order valence-electron chi connectivity index (χ0n) is 11.5. The summed E-state index contributed by atoms with van der Waals surface area (Å²) in [5, 5.41) is 12.1. The smallest absolute Gasteiger partial charge is 0.234 e. The van der Waals surface area contributed by atoms with Crippen LogP contribution in [0.4, 0.5) is 5.69 Å². The molecule has 2 N–H and O–H groups in total. The number of amides is 1. The molecule has 0 aliphatic heterocycles.